The van der Waals surface area contributed by atoms with Crippen molar-refractivity contribution in [3.8, 4) is 5.75 Å². The zero-order chi connectivity index (χ0) is 15.1. The van der Waals surface area contributed by atoms with Crippen molar-refractivity contribution in [1.82, 2.24) is 4.57 Å². The molecule has 0 unspecified atom stereocenters. The molecule has 1 heterocycles. The monoisotopic (exact) mass is 289 g/mol. The summed E-state index contributed by atoms with van der Waals surface area (Å²) in [6, 6.07) is 8.54. The van der Waals surface area contributed by atoms with Crippen molar-refractivity contribution in [3.05, 3.63) is 30.0 Å². The van der Waals surface area contributed by atoms with Crippen LogP contribution in [0.4, 0.5) is 0 Å². The average molecular weight is 289 g/mol. The van der Waals surface area contributed by atoms with Gasteiger partial charge >= 0.3 is 0 Å². The number of rotatable bonds is 3. The lowest BCUT2D eigenvalue weighted by Crippen LogP contribution is -2.44. The van der Waals surface area contributed by atoms with Crippen LogP contribution in [0.3, 0.4) is 0 Å². The molecule has 0 radical (unpaired) electrons. The van der Waals surface area contributed by atoms with Crippen molar-refractivity contribution in [2.24, 2.45) is 7.05 Å². The molecule has 0 saturated heterocycles. The van der Waals surface area contributed by atoms with E-state index < -0.39 is 8.32 Å². The SMILES string of the molecule is CCc1c(O[Si](C)(C)C(C)(C)C)c2ccccc2n1C. The molecule has 0 saturated carbocycles. The predicted octanol–water partition coefficient (Wildman–Crippen LogP) is 5.12. The molecule has 0 N–H and O–H groups in total. The molecule has 0 aliphatic heterocycles. The quantitative estimate of drug-likeness (QED) is 0.715. The molecule has 0 spiro atoms. The van der Waals surface area contributed by atoms with Crippen LogP contribution in [-0.2, 0) is 13.5 Å². The van der Waals surface area contributed by atoms with Crippen LogP contribution in [0, 0.1) is 0 Å². The highest BCUT2D eigenvalue weighted by atomic mass is 28.4. The van der Waals surface area contributed by atoms with E-state index in [-0.39, 0.29) is 5.04 Å². The third-order valence-corrected chi connectivity index (χ3v) is 9.00. The van der Waals surface area contributed by atoms with E-state index in [0.717, 1.165) is 12.2 Å². The lowest BCUT2D eigenvalue weighted by atomic mass is 10.2. The second-order valence-corrected chi connectivity index (χ2v) is 11.8. The van der Waals surface area contributed by atoms with Gasteiger partial charge in [-0.05, 0) is 36.7 Å². The number of hydrogen-bond donors (Lipinski definition) is 0. The number of benzene rings is 1. The fourth-order valence-corrected chi connectivity index (χ4v) is 3.38. The van der Waals surface area contributed by atoms with Gasteiger partial charge in [-0.25, -0.2) is 0 Å². The van der Waals surface area contributed by atoms with Crippen LogP contribution >= 0.6 is 0 Å². The first kappa shape index (κ1) is 15.2. The number of para-hydroxylation sites is 1. The summed E-state index contributed by atoms with van der Waals surface area (Å²) in [4.78, 5) is 0. The number of aromatic nitrogens is 1. The van der Waals surface area contributed by atoms with Gasteiger partial charge in [-0.3, -0.25) is 0 Å². The number of fused-ring (bicyclic) bond motifs is 1. The molecule has 20 heavy (non-hydrogen) atoms. The van der Waals surface area contributed by atoms with Crippen LogP contribution in [0.2, 0.25) is 18.1 Å². The van der Waals surface area contributed by atoms with E-state index in [1.807, 2.05) is 0 Å². The lowest BCUT2D eigenvalue weighted by molar-refractivity contribution is 0.489. The molecule has 0 amide bonds. The number of nitrogens with zero attached hydrogens (tertiary/aromatic N) is 1. The van der Waals surface area contributed by atoms with E-state index in [1.165, 1.54) is 16.6 Å². The highest BCUT2D eigenvalue weighted by Gasteiger charge is 2.40. The van der Waals surface area contributed by atoms with E-state index in [0.29, 0.717) is 0 Å². The van der Waals surface area contributed by atoms with E-state index in [1.54, 1.807) is 0 Å². The van der Waals surface area contributed by atoms with Crippen LogP contribution in [0.25, 0.3) is 10.9 Å². The third kappa shape index (κ3) is 2.39. The van der Waals surface area contributed by atoms with Crippen LogP contribution in [-0.4, -0.2) is 12.9 Å². The summed E-state index contributed by atoms with van der Waals surface area (Å²) in [6.45, 7) is 13.7. The van der Waals surface area contributed by atoms with Gasteiger partial charge in [0, 0.05) is 12.4 Å². The van der Waals surface area contributed by atoms with Crippen molar-refractivity contribution < 1.29 is 4.43 Å². The molecule has 0 aliphatic carbocycles. The Morgan fingerprint density at radius 1 is 1.15 bits per heavy atom. The molecule has 0 fully saturated rings. The maximum absolute atomic E-state index is 6.64. The van der Waals surface area contributed by atoms with Gasteiger partial charge in [0.25, 0.3) is 8.32 Å². The molecule has 0 atom stereocenters. The summed E-state index contributed by atoms with van der Waals surface area (Å²) in [7, 11) is 0.328. The topological polar surface area (TPSA) is 14.2 Å². The normalized spacial score (nSPS) is 12.9. The molecular weight excluding hydrogens is 262 g/mol. The van der Waals surface area contributed by atoms with E-state index in [4.69, 9.17) is 4.43 Å². The Morgan fingerprint density at radius 3 is 2.30 bits per heavy atom. The Bertz CT molecular complexity index is 620. The standard InChI is InChI=1S/C17H27NOSi/c1-8-14-16(19-20(6,7)17(2,3)4)13-11-9-10-12-15(13)18(14)5/h9-12H,8H2,1-7H3. The van der Waals surface area contributed by atoms with Crippen molar-refractivity contribution in [3.63, 3.8) is 0 Å². The molecule has 0 bridgehead atoms. The van der Waals surface area contributed by atoms with Crippen LogP contribution in [0.15, 0.2) is 24.3 Å². The molecule has 2 aromatic rings. The van der Waals surface area contributed by atoms with Gasteiger partial charge in [0.05, 0.1) is 11.2 Å². The molecular formula is C17H27NOSi. The Balaban J connectivity index is 2.60. The van der Waals surface area contributed by atoms with Crippen LogP contribution < -0.4 is 4.43 Å². The second kappa shape index (κ2) is 4.96. The van der Waals surface area contributed by atoms with Gasteiger partial charge in [-0.2, -0.15) is 0 Å². The van der Waals surface area contributed by atoms with Crippen molar-refractivity contribution in [1.29, 1.82) is 0 Å². The summed E-state index contributed by atoms with van der Waals surface area (Å²) in [6.07, 6.45) is 0.995. The smallest absolute Gasteiger partial charge is 0.250 e. The second-order valence-electron chi connectivity index (χ2n) is 7.07. The maximum Gasteiger partial charge on any atom is 0.250 e. The van der Waals surface area contributed by atoms with Gasteiger partial charge < -0.3 is 8.99 Å². The molecule has 1 aromatic carbocycles. The van der Waals surface area contributed by atoms with E-state index >= 15 is 0 Å². The number of hydrogen-bond acceptors (Lipinski definition) is 1. The first-order valence-electron chi connectivity index (χ1n) is 7.44. The highest BCUT2D eigenvalue weighted by molar-refractivity contribution is 6.74. The highest BCUT2D eigenvalue weighted by Crippen LogP contribution is 2.41. The fraction of sp³-hybridized carbons (Fsp3) is 0.529. The average Bonchev–Trinajstić information content (AvgIpc) is 2.61. The van der Waals surface area contributed by atoms with Crippen molar-refractivity contribution in [2.45, 2.75) is 52.2 Å². The molecule has 0 aliphatic rings. The van der Waals surface area contributed by atoms with Crippen LogP contribution in [0.5, 0.6) is 5.75 Å². The zero-order valence-corrected chi connectivity index (χ0v) is 14.9. The fourth-order valence-electron chi connectivity index (χ4n) is 2.33. The molecule has 3 heteroatoms. The van der Waals surface area contributed by atoms with E-state index in [9.17, 15) is 0 Å². The Kier molecular flexibility index (Phi) is 3.76. The molecule has 2 rings (SSSR count). The third-order valence-electron chi connectivity index (χ3n) is 4.68. The van der Waals surface area contributed by atoms with Gasteiger partial charge in [-0.1, -0.05) is 39.8 Å². The Hall–Kier alpha value is -1.22. The van der Waals surface area contributed by atoms with Gasteiger partial charge in [-0.15, -0.1) is 0 Å². The largest absolute Gasteiger partial charge is 0.542 e. The summed E-state index contributed by atoms with van der Waals surface area (Å²) >= 11 is 0. The summed E-state index contributed by atoms with van der Waals surface area (Å²) < 4.78 is 8.92. The van der Waals surface area contributed by atoms with E-state index in [2.05, 4.69) is 76.7 Å². The minimum Gasteiger partial charge on any atom is -0.542 e. The Morgan fingerprint density at radius 2 is 1.75 bits per heavy atom. The minimum absolute atomic E-state index is 0.217. The summed E-state index contributed by atoms with van der Waals surface area (Å²) in [5.41, 5.74) is 2.56. The van der Waals surface area contributed by atoms with Gasteiger partial charge in [0.15, 0.2) is 0 Å². The van der Waals surface area contributed by atoms with Crippen LogP contribution in [0.1, 0.15) is 33.4 Å². The molecule has 2 nitrogen and oxygen atoms in total. The first-order chi connectivity index (χ1) is 9.19. The van der Waals surface area contributed by atoms with Crippen molar-refractivity contribution >= 4 is 19.2 Å². The van der Waals surface area contributed by atoms with Gasteiger partial charge in [0.2, 0.25) is 0 Å². The van der Waals surface area contributed by atoms with Gasteiger partial charge in [0.1, 0.15) is 5.75 Å². The maximum atomic E-state index is 6.64. The first-order valence-corrected chi connectivity index (χ1v) is 10.3. The molecule has 1 aromatic heterocycles. The zero-order valence-electron chi connectivity index (χ0n) is 13.9. The lowest BCUT2D eigenvalue weighted by Gasteiger charge is -2.36. The minimum atomic E-state index is -1.81. The summed E-state index contributed by atoms with van der Waals surface area (Å²) in [5, 5.41) is 1.46. The Labute approximate surface area is 123 Å². The summed E-state index contributed by atoms with van der Waals surface area (Å²) in [5.74, 6) is 1.11. The number of aryl methyl sites for hydroxylation is 1. The molecule has 110 valence electrons. The van der Waals surface area contributed by atoms with Crippen molar-refractivity contribution in [2.75, 3.05) is 0 Å². The predicted molar refractivity (Wildman–Crippen MR) is 90.1 cm³/mol.